The van der Waals surface area contributed by atoms with E-state index in [1.54, 1.807) is 13.2 Å². The molecule has 0 saturated heterocycles. The minimum absolute atomic E-state index is 0.0604. The molecular formula is C22H27NO3. The summed E-state index contributed by atoms with van der Waals surface area (Å²) in [6, 6.07) is 13.4. The van der Waals surface area contributed by atoms with E-state index in [0.29, 0.717) is 5.56 Å². The molecule has 26 heavy (non-hydrogen) atoms. The number of amides is 1. The highest BCUT2D eigenvalue weighted by Gasteiger charge is 2.39. The van der Waals surface area contributed by atoms with E-state index < -0.39 is 0 Å². The molecule has 1 amide bonds. The van der Waals surface area contributed by atoms with Crippen LogP contribution in [0, 0.1) is 6.92 Å². The molecule has 0 spiro atoms. The predicted octanol–water partition coefficient (Wildman–Crippen LogP) is 4.82. The maximum absolute atomic E-state index is 12.9. The second-order valence-electron chi connectivity index (χ2n) is 6.94. The number of hydrogen-bond donors (Lipinski definition) is 1. The van der Waals surface area contributed by atoms with Gasteiger partial charge in [0, 0.05) is 17.5 Å². The molecule has 1 aliphatic rings. The summed E-state index contributed by atoms with van der Waals surface area (Å²) in [5, 5.41) is 3.22. The van der Waals surface area contributed by atoms with Crippen LogP contribution >= 0.6 is 0 Å². The summed E-state index contributed by atoms with van der Waals surface area (Å²) in [6.45, 7) is 6.23. The number of ether oxygens (including phenoxy) is 2. The number of para-hydroxylation sites is 1. The fourth-order valence-corrected chi connectivity index (χ4v) is 3.69. The largest absolute Gasteiger partial charge is 0.496 e. The van der Waals surface area contributed by atoms with Gasteiger partial charge in [-0.25, -0.2) is 0 Å². The van der Waals surface area contributed by atoms with Gasteiger partial charge in [-0.3, -0.25) is 4.79 Å². The van der Waals surface area contributed by atoms with E-state index in [1.165, 1.54) is 0 Å². The van der Waals surface area contributed by atoms with Crippen molar-refractivity contribution in [3.05, 3.63) is 59.2 Å². The molecule has 138 valence electrons. The Kier molecular flexibility index (Phi) is 5.21. The van der Waals surface area contributed by atoms with Crippen molar-refractivity contribution in [3.8, 4) is 11.5 Å². The topological polar surface area (TPSA) is 47.6 Å². The monoisotopic (exact) mass is 353 g/mol. The number of rotatable bonds is 5. The van der Waals surface area contributed by atoms with Crippen molar-refractivity contribution in [1.29, 1.82) is 0 Å². The summed E-state index contributed by atoms with van der Waals surface area (Å²) in [6.07, 6.45) is 2.59. The number of fused-ring (bicyclic) bond motifs is 1. The third-order valence-electron chi connectivity index (χ3n) is 5.45. The van der Waals surface area contributed by atoms with Gasteiger partial charge in [0.15, 0.2) is 0 Å². The van der Waals surface area contributed by atoms with E-state index in [9.17, 15) is 4.79 Å². The average molecular weight is 353 g/mol. The van der Waals surface area contributed by atoms with Gasteiger partial charge in [-0.15, -0.1) is 0 Å². The summed E-state index contributed by atoms with van der Waals surface area (Å²) in [4.78, 5) is 12.9. The normalized spacial score (nSPS) is 17.8. The smallest absolute Gasteiger partial charge is 0.251 e. The standard InChI is InChI=1S/C22H27NO3/c1-5-22(6-2)14-18(17-9-7-8-10-20(17)26-22)23-21(24)16-11-12-19(25-4)15(3)13-16/h7-13,18H,5-6,14H2,1-4H3,(H,23,24)/t18-/m0/s1. The second-order valence-corrected chi connectivity index (χ2v) is 6.94. The lowest BCUT2D eigenvalue weighted by molar-refractivity contribution is 0.0227. The highest BCUT2D eigenvalue weighted by Crippen LogP contribution is 2.42. The first kappa shape index (κ1) is 18.3. The number of carbonyl (C=O) groups excluding carboxylic acids is 1. The summed E-state index contributed by atoms with van der Waals surface area (Å²) < 4.78 is 11.6. The van der Waals surface area contributed by atoms with Crippen molar-refractivity contribution in [2.45, 2.75) is 51.7 Å². The number of benzene rings is 2. The van der Waals surface area contributed by atoms with Crippen LogP contribution in [0.25, 0.3) is 0 Å². The number of aryl methyl sites for hydroxylation is 1. The average Bonchev–Trinajstić information content (AvgIpc) is 2.67. The zero-order valence-electron chi connectivity index (χ0n) is 16.0. The van der Waals surface area contributed by atoms with Crippen molar-refractivity contribution >= 4 is 5.91 Å². The Hall–Kier alpha value is -2.49. The van der Waals surface area contributed by atoms with Gasteiger partial charge < -0.3 is 14.8 Å². The van der Waals surface area contributed by atoms with E-state index in [-0.39, 0.29) is 17.6 Å². The molecular weight excluding hydrogens is 326 g/mol. The highest BCUT2D eigenvalue weighted by molar-refractivity contribution is 5.95. The van der Waals surface area contributed by atoms with Gasteiger partial charge in [0.1, 0.15) is 17.1 Å². The van der Waals surface area contributed by atoms with Crippen LogP contribution in [0.4, 0.5) is 0 Å². The van der Waals surface area contributed by atoms with Crippen LogP contribution in [0.15, 0.2) is 42.5 Å². The lowest BCUT2D eigenvalue weighted by atomic mass is 9.83. The van der Waals surface area contributed by atoms with Crippen molar-refractivity contribution in [3.63, 3.8) is 0 Å². The molecule has 0 unspecified atom stereocenters. The third kappa shape index (κ3) is 3.41. The highest BCUT2D eigenvalue weighted by atomic mass is 16.5. The molecule has 0 aliphatic carbocycles. The number of methoxy groups -OCH3 is 1. The van der Waals surface area contributed by atoms with Gasteiger partial charge in [-0.05, 0) is 49.6 Å². The van der Waals surface area contributed by atoms with Crippen LogP contribution in [-0.2, 0) is 0 Å². The Morgan fingerprint density at radius 3 is 2.62 bits per heavy atom. The molecule has 1 aliphatic heterocycles. The van der Waals surface area contributed by atoms with Crippen LogP contribution in [0.1, 0.15) is 60.6 Å². The van der Waals surface area contributed by atoms with E-state index in [4.69, 9.17) is 9.47 Å². The molecule has 0 bridgehead atoms. The zero-order valence-corrected chi connectivity index (χ0v) is 16.0. The van der Waals surface area contributed by atoms with Crippen molar-refractivity contribution in [2.24, 2.45) is 0 Å². The Morgan fingerprint density at radius 2 is 1.96 bits per heavy atom. The quantitative estimate of drug-likeness (QED) is 0.838. The maximum atomic E-state index is 12.9. The zero-order chi connectivity index (χ0) is 18.7. The molecule has 3 rings (SSSR count). The minimum Gasteiger partial charge on any atom is -0.496 e. The van der Waals surface area contributed by atoms with Crippen LogP contribution in [-0.4, -0.2) is 18.6 Å². The van der Waals surface area contributed by atoms with E-state index in [1.807, 2.05) is 43.3 Å². The molecule has 4 nitrogen and oxygen atoms in total. The first-order valence-corrected chi connectivity index (χ1v) is 9.25. The lowest BCUT2D eigenvalue weighted by Gasteiger charge is -2.41. The van der Waals surface area contributed by atoms with Crippen LogP contribution < -0.4 is 14.8 Å². The fraction of sp³-hybridized carbons (Fsp3) is 0.409. The van der Waals surface area contributed by atoms with Gasteiger partial charge >= 0.3 is 0 Å². The Balaban J connectivity index is 1.88. The molecule has 0 aromatic heterocycles. The maximum Gasteiger partial charge on any atom is 0.251 e. The molecule has 0 radical (unpaired) electrons. The van der Waals surface area contributed by atoms with Gasteiger partial charge in [0.25, 0.3) is 5.91 Å². The van der Waals surface area contributed by atoms with Gasteiger partial charge in [-0.2, -0.15) is 0 Å². The van der Waals surface area contributed by atoms with Crippen molar-refractivity contribution in [1.82, 2.24) is 5.32 Å². The molecule has 0 fully saturated rings. The number of nitrogens with one attached hydrogen (secondary N) is 1. The summed E-state index contributed by atoms with van der Waals surface area (Å²) in [5.74, 6) is 1.59. The third-order valence-corrected chi connectivity index (χ3v) is 5.45. The minimum atomic E-state index is -0.234. The summed E-state index contributed by atoms with van der Waals surface area (Å²) in [7, 11) is 1.64. The Morgan fingerprint density at radius 1 is 1.23 bits per heavy atom. The fourth-order valence-electron chi connectivity index (χ4n) is 3.69. The van der Waals surface area contributed by atoms with E-state index in [0.717, 1.165) is 41.9 Å². The number of carbonyl (C=O) groups is 1. The molecule has 1 N–H and O–H groups in total. The van der Waals surface area contributed by atoms with Crippen LogP contribution in [0.3, 0.4) is 0 Å². The molecule has 2 aromatic carbocycles. The molecule has 0 saturated carbocycles. The Labute approximate surface area is 155 Å². The second kappa shape index (κ2) is 7.40. The van der Waals surface area contributed by atoms with Crippen LogP contribution in [0.5, 0.6) is 11.5 Å². The van der Waals surface area contributed by atoms with Gasteiger partial charge in [0.2, 0.25) is 0 Å². The number of hydrogen-bond acceptors (Lipinski definition) is 3. The van der Waals surface area contributed by atoms with Crippen molar-refractivity contribution < 1.29 is 14.3 Å². The molecule has 1 atom stereocenters. The molecule has 4 heteroatoms. The SMILES string of the molecule is CCC1(CC)C[C@H](NC(=O)c2ccc(OC)c(C)c2)c2ccccc2O1. The molecule has 1 heterocycles. The van der Waals surface area contributed by atoms with E-state index in [2.05, 4.69) is 19.2 Å². The molecule has 2 aromatic rings. The lowest BCUT2D eigenvalue weighted by Crippen LogP contribution is -2.44. The Bertz CT molecular complexity index is 796. The first-order chi connectivity index (χ1) is 12.5. The van der Waals surface area contributed by atoms with Crippen molar-refractivity contribution in [2.75, 3.05) is 7.11 Å². The van der Waals surface area contributed by atoms with Gasteiger partial charge in [0.05, 0.1) is 13.2 Å². The summed E-state index contributed by atoms with van der Waals surface area (Å²) in [5.41, 5.74) is 2.40. The van der Waals surface area contributed by atoms with Gasteiger partial charge in [-0.1, -0.05) is 32.0 Å². The summed E-state index contributed by atoms with van der Waals surface area (Å²) >= 11 is 0. The predicted molar refractivity (Wildman–Crippen MR) is 103 cm³/mol. The van der Waals surface area contributed by atoms with E-state index >= 15 is 0 Å². The van der Waals surface area contributed by atoms with Crippen LogP contribution in [0.2, 0.25) is 0 Å². The first-order valence-electron chi connectivity index (χ1n) is 9.25.